The van der Waals surface area contributed by atoms with Crippen molar-refractivity contribution in [3.8, 4) is 0 Å². The molecule has 15 heavy (non-hydrogen) atoms. The van der Waals surface area contributed by atoms with E-state index in [1.807, 2.05) is 0 Å². The molecule has 0 radical (unpaired) electrons. The summed E-state index contributed by atoms with van der Waals surface area (Å²) in [6.45, 7) is 0. The smallest absolute Gasteiger partial charge is 0.274 e. The largest absolute Gasteiger partial charge is 0.343 e. The van der Waals surface area contributed by atoms with Gasteiger partial charge in [-0.1, -0.05) is 11.6 Å². The molecule has 1 rings (SSSR count). The third-order valence-electron chi connectivity index (χ3n) is 1.61. The van der Waals surface area contributed by atoms with Crippen molar-refractivity contribution in [2.24, 2.45) is 0 Å². The highest BCUT2D eigenvalue weighted by Gasteiger charge is 2.16. The zero-order valence-corrected chi connectivity index (χ0v) is 8.85. The molecule has 1 amide bonds. The maximum absolute atomic E-state index is 11.5. The minimum absolute atomic E-state index is 0.0424. The average molecular weight is 230 g/mol. The zero-order valence-electron chi connectivity index (χ0n) is 8.10. The molecule has 0 saturated heterocycles. The first-order valence-electron chi connectivity index (χ1n) is 3.95. The van der Waals surface area contributed by atoms with Gasteiger partial charge >= 0.3 is 0 Å². The summed E-state index contributed by atoms with van der Waals surface area (Å²) >= 11 is 5.56. The second kappa shape index (κ2) is 4.22. The molecule has 0 aliphatic heterocycles. The predicted molar refractivity (Wildman–Crippen MR) is 53.9 cm³/mol. The molecule has 0 fully saturated rings. The van der Waals surface area contributed by atoms with Gasteiger partial charge in [0.2, 0.25) is 0 Å². The molecule has 0 aromatic carbocycles. The fourth-order valence-electron chi connectivity index (χ4n) is 0.927. The Morgan fingerprint density at radius 3 is 2.60 bits per heavy atom. The van der Waals surface area contributed by atoms with Crippen LogP contribution in [0, 0.1) is 10.1 Å². The Morgan fingerprint density at radius 2 is 2.13 bits per heavy atom. The van der Waals surface area contributed by atoms with Crippen LogP contribution < -0.4 is 0 Å². The molecular weight excluding hydrogens is 222 g/mol. The van der Waals surface area contributed by atoms with Crippen molar-refractivity contribution in [1.29, 1.82) is 0 Å². The lowest BCUT2D eigenvalue weighted by atomic mass is 10.3. The van der Waals surface area contributed by atoms with Crippen LogP contribution in [0.15, 0.2) is 12.1 Å². The molecular formula is C8H8ClN3O3. The summed E-state index contributed by atoms with van der Waals surface area (Å²) in [4.78, 5) is 26.3. The highest BCUT2D eigenvalue weighted by atomic mass is 35.5. The van der Waals surface area contributed by atoms with Gasteiger partial charge < -0.3 is 4.90 Å². The fourth-order valence-corrected chi connectivity index (χ4v) is 1.13. The lowest BCUT2D eigenvalue weighted by Crippen LogP contribution is -2.22. The number of aromatic nitrogens is 1. The minimum Gasteiger partial charge on any atom is -0.343 e. The van der Waals surface area contributed by atoms with E-state index in [2.05, 4.69) is 4.98 Å². The van der Waals surface area contributed by atoms with Crippen molar-refractivity contribution < 1.29 is 9.72 Å². The van der Waals surface area contributed by atoms with Crippen LogP contribution in [0.2, 0.25) is 5.15 Å². The molecule has 7 heteroatoms. The van der Waals surface area contributed by atoms with E-state index in [9.17, 15) is 14.9 Å². The quantitative estimate of drug-likeness (QED) is 0.436. The van der Waals surface area contributed by atoms with E-state index in [0.29, 0.717) is 0 Å². The Kier molecular flexibility index (Phi) is 3.21. The van der Waals surface area contributed by atoms with Crippen LogP contribution in [-0.2, 0) is 0 Å². The van der Waals surface area contributed by atoms with Crippen LogP contribution in [0.3, 0.4) is 0 Å². The summed E-state index contributed by atoms with van der Waals surface area (Å²) in [6, 6.07) is 2.18. The summed E-state index contributed by atoms with van der Waals surface area (Å²) in [5.41, 5.74) is -0.292. The minimum atomic E-state index is -0.625. The van der Waals surface area contributed by atoms with E-state index in [1.54, 1.807) is 0 Å². The van der Waals surface area contributed by atoms with E-state index in [-0.39, 0.29) is 16.5 Å². The van der Waals surface area contributed by atoms with Crippen LogP contribution in [0.4, 0.5) is 5.69 Å². The van der Waals surface area contributed by atoms with Gasteiger partial charge in [-0.2, -0.15) is 0 Å². The van der Waals surface area contributed by atoms with Crippen LogP contribution in [0.1, 0.15) is 10.5 Å². The van der Waals surface area contributed by atoms with E-state index in [1.165, 1.54) is 19.0 Å². The number of nitrogens with zero attached hydrogens (tertiary/aromatic N) is 3. The summed E-state index contributed by atoms with van der Waals surface area (Å²) in [5, 5.41) is 10.4. The number of amides is 1. The highest BCUT2D eigenvalue weighted by molar-refractivity contribution is 6.29. The Balaban J connectivity index is 3.20. The Labute approximate surface area is 90.6 Å². The van der Waals surface area contributed by atoms with Gasteiger partial charge in [-0.25, -0.2) is 4.98 Å². The number of carbonyl (C=O) groups excluding carboxylic acids is 1. The van der Waals surface area contributed by atoms with Crippen molar-refractivity contribution in [3.05, 3.63) is 33.1 Å². The molecule has 6 nitrogen and oxygen atoms in total. The van der Waals surface area contributed by atoms with Gasteiger partial charge in [0.1, 0.15) is 10.8 Å². The van der Waals surface area contributed by atoms with Crippen molar-refractivity contribution in [1.82, 2.24) is 9.88 Å². The summed E-state index contributed by atoms with van der Waals surface area (Å²) in [5.74, 6) is -0.430. The Bertz CT molecular complexity index is 420. The average Bonchev–Trinajstić information content (AvgIpc) is 2.15. The standard InChI is InChI=1S/C8H8ClN3O3/c1-11(2)8(13)6-3-5(12(14)15)4-7(9)10-6/h3-4H,1-2H3. The normalized spacial score (nSPS) is 9.80. The first kappa shape index (κ1) is 11.4. The number of carbonyl (C=O) groups is 1. The van der Waals surface area contributed by atoms with Crippen LogP contribution in [-0.4, -0.2) is 34.8 Å². The summed E-state index contributed by atoms with van der Waals surface area (Å²) in [6.07, 6.45) is 0. The lowest BCUT2D eigenvalue weighted by Gasteiger charge is -2.08. The molecule has 0 unspecified atom stereocenters. The number of hydrogen-bond acceptors (Lipinski definition) is 4. The number of pyridine rings is 1. The molecule has 80 valence electrons. The van der Waals surface area contributed by atoms with E-state index in [4.69, 9.17) is 11.6 Å². The topological polar surface area (TPSA) is 76.3 Å². The van der Waals surface area contributed by atoms with Crippen LogP contribution >= 0.6 is 11.6 Å². The molecule has 0 saturated carbocycles. The van der Waals surface area contributed by atoms with Crippen molar-refractivity contribution in [3.63, 3.8) is 0 Å². The molecule has 1 aromatic rings. The SMILES string of the molecule is CN(C)C(=O)c1cc([N+](=O)[O-])cc(Cl)n1. The van der Waals surface area contributed by atoms with Crippen molar-refractivity contribution in [2.75, 3.05) is 14.1 Å². The van der Waals surface area contributed by atoms with Gasteiger partial charge in [0.25, 0.3) is 11.6 Å². The van der Waals surface area contributed by atoms with Crippen LogP contribution in [0.25, 0.3) is 0 Å². The zero-order chi connectivity index (χ0) is 11.6. The molecule has 0 atom stereocenters. The fraction of sp³-hybridized carbons (Fsp3) is 0.250. The third kappa shape index (κ3) is 2.63. The molecule has 1 heterocycles. The van der Waals surface area contributed by atoms with E-state index in [0.717, 1.165) is 12.1 Å². The molecule has 0 aliphatic rings. The predicted octanol–water partition coefficient (Wildman–Crippen LogP) is 1.34. The molecule has 1 aromatic heterocycles. The van der Waals surface area contributed by atoms with Gasteiger partial charge in [0.05, 0.1) is 11.0 Å². The maximum Gasteiger partial charge on any atom is 0.274 e. The van der Waals surface area contributed by atoms with Gasteiger partial charge in [-0.05, 0) is 0 Å². The number of rotatable bonds is 2. The monoisotopic (exact) mass is 229 g/mol. The van der Waals surface area contributed by atoms with Gasteiger partial charge in [0.15, 0.2) is 0 Å². The van der Waals surface area contributed by atoms with Gasteiger partial charge in [-0.3, -0.25) is 14.9 Å². The summed E-state index contributed by atoms with van der Waals surface area (Å²) < 4.78 is 0. The van der Waals surface area contributed by atoms with E-state index < -0.39 is 10.8 Å². The second-order valence-corrected chi connectivity index (χ2v) is 3.38. The molecule has 0 spiro atoms. The molecule has 0 N–H and O–H groups in total. The Hall–Kier alpha value is -1.69. The number of nitro groups is 1. The van der Waals surface area contributed by atoms with Gasteiger partial charge in [-0.15, -0.1) is 0 Å². The Morgan fingerprint density at radius 1 is 1.53 bits per heavy atom. The van der Waals surface area contributed by atoms with Crippen LogP contribution in [0.5, 0.6) is 0 Å². The molecule has 0 bridgehead atoms. The highest BCUT2D eigenvalue weighted by Crippen LogP contribution is 2.18. The first-order valence-corrected chi connectivity index (χ1v) is 4.33. The third-order valence-corrected chi connectivity index (χ3v) is 1.81. The van der Waals surface area contributed by atoms with Crippen molar-refractivity contribution >= 4 is 23.2 Å². The number of halogens is 1. The number of hydrogen-bond donors (Lipinski definition) is 0. The second-order valence-electron chi connectivity index (χ2n) is 2.99. The first-order chi connectivity index (χ1) is 6.91. The molecule has 0 aliphatic carbocycles. The summed E-state index contributed by atoms with van der Waals surface area (Å²) in [7, 11) is 3.05. The van der Waals surface area contributed by atoms with E-state index >= 15 is 0 Å². The maximum atomic E-state index is 11.5. The lowest BCUT2D eigenvalue weighted by molar-refractivity contribution is -0.384. The van der Waals surface area contributed by atoms with Gasteiger partial charge in [0, 0.05) is 20.2 Å². The van der Waals surface area contributed by atoms with Crippen molar-refractivity contribution in [2.45, 2.75) is 0 Å².